The van der Waals surface area contributed by atoms with Crippen molar-refractivity contribution in [1.29, 1.82) is 0 Å². The summed E-state index contributed by atoms with van der Waals surface area (Å²) in [7, 11) is -1.96. The maximum absolute atomic E-state index is 12.8. The van der Waals surface area contributed by atoms with E-state index in [1.807, 2.05) is 19.2 Å². The van der Waals surface area contributed by atoms with Gasteiger partial charge < -0.3 is 4.74 Å². The van der Waals surface area contributed by atoms with Crippen molar-refractivity contribution in [2.24, 2.45) is 0 Å². The fourth-order valence-electron chi connectivity index (χ4n) is 1.88. The molecule has 0 radical (unpaired) electrons. The molecule has 0 N–H and O–H groups in total. The number of aryl methyl sites for hydroxylation is 1. The van der Waals surface area contributed by atoms with Crippen molar-refractivity contribution in [2.45, 2.75) is 37.6 Å². The van der Waals surface area contributed by atoms with Gasteiger partial charge >= 0.3 is 0 Å². The van der Waals surface area contributed by atoms with Crippen LogP contribution < -0.4 is 0 Å². The number of thiophene rings is 1. The second-order valence-corrected chi connectivity index (χ2v) is 7.57. The molecule has 0 spiro atoms. The van der Waals surface area contributed by atoms with E-state index in [4.69, 9.17) is 16.3 Å². The van der Waals surface area contributed by atoms with Crippen molar-refractivity contribution in [3.05, 3.63) is 15.8 Å². The summed E-state index contributed by atoms with van der Waals surface area (Å²) in [5.74, 6) is 0.212. The summed E-state index contributed by atoms with van der Waals surface area (Å²) in [5, 5.41) is 1.83. The molecule has 4 nitrogen and oxygen atoms in total. The highest BCUT2D eigenvalue weighted by Crippen LogP contribution is 2.31. The molecular formula is C12H20ClNO3S2. The topological polar surface area (TPSA) is 46.6 Å². The second-order valence-electron chi connectivity index (χ2n) is 4.51. The highest BCUT2D eigenvalue weighted by molar-refractivity contribution is 7.89. The number of hydrogen-bond donors (Lipinski definition) is 0. The summed E-state index contributed by atoms with van der Waals surface area (Å²) in [4.78, 5) is 1.06. The number of nitrogens with zero attached hydrogens (tertiary/aromatic N) is 1. The van der Waals surface area contributed by atoms with E-state index in [1.165, 1.54) is 15.6 Å². The zero-order valence-electron chi connectivity index (χ0n) is 11.6. The number of methoxy groups -OCH3 is 1. The average molecular weight is 326 g/mol. The Morgan fingerprint density at radius 1 is 1.47 bits per heavy atom. The van der Waals surface area contributed by atoms with E-state index in [1.54, 1.807) is 14.0 Å². The Morgan fingerprint density at radius 3 is 2.58 bits per heavy atom. The van der Waals surface area contributed by atoms with E-state index < -0.39 is 10.0 Å². The Hall–Kier alpha value is -0.140. The summed E-state index contributed by atoms with van der Waals surface area (Å²) in [5.41, 5.74) is 0.753. The quantitative estimate of drug-likeness (QED) is 0.724. The van der Waals surface area contributed by atoms with Crippen molar-refractivity contribution in [2.75, 3.05) is 20.3 Å². The van der Waals surface area contributed by atoms with Gasteiger partial charge in [0.15, 0.2) is 0 Å². The first-order valence-corrected chi connectivity index (χ1v) is 8.85. The van der Waals surface area contributed by atoms with E-state index in [2.05, 4.69) is 0 Å². The van der Waals surface area contributed by atoms with E-state index in [0.29, 0.717) is 22.9 Å². The molecule has 1 rings (SSSR count). The average Bonchev–Trinajstić information content (AvgIpc) is 2.70. The molecular weight excluding hydrogens is 306 g/mol. The number of alkyl halides is 1. The molecule has 0 saturated carbocycles. The van der Waals surface area contributed by atoms with Crippen molar-refractivity contribution in [1.82, 2.24) is 4.31 Å². The minimum Gasteiger partial charge on any atom is -0.383 e. The Bertz CT molecular complexity index is 511. The van der Waals surface area contributed by atoms with Gasteiger partial charge in [-0.15, -0.1) is 22.9 Å². The molecule has 0 aliphatic carbocycles. The van der Waals surface area contributed by atoms with Crippen LogP contribution in [0.4, 0.5) is 0 Å². The summed E-state index contributed by atoms with van der Waals surface area (Å²) in [6.07, 6.45) is 0. The minimum absolute atomic E-state index is 0.123. The van der Waals surface area contributed by atoms with Crippen LogP contribution in [0.25, 0.3) is 0 Å². The number of rotatable bonds is 7. The first-order chi connectivity index (χ1) is 8.86. The second kappa shape index (κ2) is 7.04. The lowest BCUT2D eigenvalue weighted by atomic mass is 10.3. The van der Waals surface area contributed by atoms with Crippen LogP contribution in [0, 0.1) is 6.92 Å². The Labute approximate surface area is 124 Å². The number of ether oxygens (including phenoxy) is 1. The predicted octanol–water partition coefficient (Wildman–Crippen LogP) is 2.84. The molecule has 7 heteroatoms. The van der Waals surface area contributed by atoms with Gasteiger partial charge in [-0.3, -0.25) is 0 Å². The maximum Gasteiger partial charge on any atom is 0.244 e. The van der Waals surface area contributed by atoms with Gasteiger partial charge in [0, 0.05) is 24.6 Å². The molecule has 0 fully saturated rings. The predicted molar refractivity (Wildman–Crippen MR) is 79.5 cm³/mol. The van der Waals surface area contributed by atoms with Gasteiger partial charge in [0.25, 0.3) is 0 Å². The molecule has 110 valence electrons. The molecule has 0 amide bonds. The molecule has 0 aromatic carbocycles. The fourth-order valence-corrected chi connectivity index (χ4v) is 5.52. The molecule has 0 aliphatic rings. The van der Waals surface area contributed by atoms with Gasteiger partial charge in [0.1, 0.15) is 4.90 Å². The molecule has 1 aromatic rings. The zero-order valence-corrected chi connectivity index (χ0v) is 14.0. The highest BCUT2D eigenvalue weighted by atomic mass is 35.5. The Balaban J connectivity index is 3.22. The largest absolute Gasteiger partial charge is 0.383 e. The molecule has 0 aliphatic heterocycles. The smallest absolute Gasteiger partial charge is 0.244 e. The number of hydrogen-bond acceptors (Lipinski definition) is 4. The summed E-state index contributed by atoms with van der Waals surface area (Å²) in [6.45, 7) is 6.23. The lowest BCUT2D eigenvalue weighted by molar-refractivity contribution is 0.171. The lowest BCUT2D eigenvalue weighted by Crippen LogP contribution is -2.39. The maximum atomic E-state index is 12.8. The van der Waals surface area contributed by atoms with E-state index in [0.717, 1.165) is 5.56 Å². The first kappa shape index (κ1) is 16.9. The summed E-state index contributed by atoms with van der Waals surface area (Å²) >= 11 is 7.23. The van der Waals surface area contributed by atoms with Gasteiger partial charge in [-0.2, -0.15) is 4.31 Å². The van der Waals surface area contributed by atoms with Gasteiger partial charge in [0.2, 0.25) is 10.0 Å². The van der Waals surface area contributed by atoms with E-state index in [-0.39, 0.29) is 11.9 Å². The molecule has 0 unspecified atom stereocenters. The third-order valence-electron chi connectivity index (χ3n) is 2.77. The monoisotopic (exact) mass is 325 g/mol. The zero-order chi connectivity index (χ0) is 14.6. The van der Waals surface area contributed by atoms with Crippen molar-refractivity contribution in [3.63, 3.8) is 0 Å². The third kappa shape index (κ3) is 3.70. The highest BCUT2D eigenvalue weighted by Gasteiger charge is 2.31. The molecule has 0 bridgehead atoms. The molecule has 1 heterocycles. The first-order valence-electron chi connectivity index (χ1n) is 6.00. The van der Waals surface area contributed by atoms with Crippen LogP contribution in [0.1, 0.15) is 24.3 Å². The van der Waals surface area contributed by atoms with Gasteiger partial charge in [0.05, 0.1) is 12.5 Å². The SMILES string of the molecule is COCCN(C(C)C)S(=O)(=O)c1c(C)csc1CCl. The van der Waals surface area contributed by atoms with Crippen LogP contribution in [0.3, 0.4) is 0 Å². The van der Waals surface area contributed by atoms with Crippen LogP contribution in [0.15, 0.2) is 10.3 Å². The number of sulfonamides is 1. The van der Waals surface area contributed by atoms with Crippen LogP contribution in [0.5, 0.6) is 0 Å². The molecule has 19 heavy (non-hydrogen) atoms. The number of halogens is 1. The summed E-state index contributed by atoms with van der Waals surface area (Å²) in [6, 6.07) is -0.123. The van der Waals surface area contributed by atoms with Gasteiger partial charge in [-0.1, -0.05) is 0 Å². The van der Waals surface area contributed by atoms with Gasteiger partial charge in [-0.05, 0) is 31.7 Å². The Kier molecular flexibility index (Phi) is 6.26. The van der Waals surface area contributed by atoms with Crippen LogP contribution in [-0.4, -0.2) is 39.0 Å². The molecule has 1 aromatic heterocycles. The van der Waals surface area contributed by atoms with Crippen molar-refractivity contribution >= 4 is 33.0 Å². The molecule has 0 saturated heterocycles. The lowest BCUT2D eigenvalue weighted by Gasteiger charge is -2.26. The summed E-state index contributed by atoms with van der Waals surface area (Å²) < 4.78 is 32.0. The van der Waals surface area contributed by atoms with E-state index in [9.17, 15) is 8.42 Å². The fraction of sp³-hybridized carbons (Fsp3) is 0.667. The van der Waals surface area contributed by atoms with Crippen LogP contribution >= 0.6 is 22.9 Å². The third-order valence-corrected chi connectivity index (χ3v) is 6.73. The van der Waals surface area contributed by atoms with E-state index >= 15 is 0 Å². The Morgan fingerprint density at radius 2 is 2.11 bits per heavy atom. The van der Waals surface area contributed by atoms with Crippen LogP contribution in [0.2, 0.25) is 0 Å². The normalized spacial score (nSPS) is 12.6. The van der Waals surface area contributed by atoms with Crippen molar-refractivity contribution < 1.29 is 13.2 Å². The minimum atomic E-state index is -3.52. The van der Waals surface area contributed by atoms with Crippen LogP contribution in [-0.2, 0) is 20.6 Å². The standard InChI is InChI=1S/C12H20ClNO3S2/c1-9(2)14(5-6-17-4)19(15,16)12-10(3)8-18-11(12)7-13/h8-9H,5-7H2,1-4H3. The van der Waals surface area contributed by atoms with Crippen molar-refractivity contribution in [3.8, 4) is 0 Å². The van der Waals surface area contributed by atoms with Gasteiger partial charge in [-0.25, -0.2) is 8.42 Å². The molecule has 0 atom stereocenters.